The standard InChI is InChI=1S/C15H20BrNO3/c1-2-13-10-17(8-3-9-19-13)15(18)11-20-14-6-4-12(16)5-7-14/h4-7,13H,2-3,8-11H2,1H3/t13-/m1/s1. The van der Waals surface area contributed by atoms with E-state index in [4.69, 9.17) is 9.47 Å². The maximum Gasteiger partial charge on any atom is 0.260 e. The first-order valence-corrected chi connectivity index (χ1v) is 7.76. The zero-order valence-corrected chi connectivity index (χ0v) is 13.3. The third-order valence-corrected chi connectivity index (χ3v) is 3.86. The first-order chi connectivity index (χ1) is 9.69. The number of halogens is 1. The minimum absolute atomic E-state index is 0.0249. The molecule has 0 unspecified atom stereocenters. The second kappa shape index (κ2) is 7.64. The minimum atomic E-state index is 0.0249. The number of amides is 1. The van der Waals surface area contributed by atoms with E-state index in [1.807, 2.05) is 29.2 Å². The summed E-state index contributed by atoms with van der Waals surface area (Å²) in [5.41, 5.74) is 0. The molecule has 1 aliphatic heterocycles. The quantitative estimate of drug-likeness (QED) is 0.845. The fourth-order valence-electron chi connectivity index (χ4n) is 2.14. The van der Waals surface area contributed by atoms with Crippen molar-refractivity contribution in [1.29, 1.82) is 0 Å². The Labute approximate surface area is 128 Å². The van der Waals surface area contributed by atoms with E-state index < -0.39 is 0 Å². The van der Waals surface area contributed by atoms with E-state index in [1.54, 1.807) is 0 Å². The average molecular weight is 342 g/mol. The monoisotopic (exact) mass is 341 g/mol. The van der Waals surface area contributed by atoms with E-state index in [2.05, 4.69) is 22.9 Å². The van der Waals surface area contributed by atoms with Crippen LogP contribution in [0.15, 0.2) is 28.7 Å². The number of benzene rings is 1. The van der Waals surface area contributed by atoms with E-state index in [1.165, 1.54) is 0 Å². The lowest BCUT2D eigenvalue weighted by Crippen LogP contribution is -2.39. The average Bonchev–Trinajstić information content (AvgIpc) is 2.72. The van der Waals surface area contributed by atoms with Gasteiger partial charge in [-0.15, -0.1) is 0 Å². The highest BCUT2D eigenvalue weighted by atomic mass is 79.9. The zero-order chi connectivity index (χ0) is 14.4. The molecule has 1 saturated heterocycles. The van der Waals surface area contributed by atoms with Gasteiger partial charge < -0.3 is 14.4 Å². The largest absolute Gasteiger partial charge is 0.484 e. The second-order valence-corrected chi connectivity index (χ2v) is 5.75. The molecular formula is C15H20BrNO3. The number of hydrogen-bond donors (Lipinski definition) is 0. The molecule has 5 heteroatoms. The number of carbonyl (C=O) groups is 1. The van der Waals surface area contributed by atoms with Crippen LogP contribution >= 0.6 is 15.9 Å². The van der Waals surface area contributed by atoms with E-state index in [0.29, 0.717) is 12.3 Å². The smallest absolute Gasteiger partial charge is 0.260 e. The minimum Gasteiger partial charge on any atom is -0.484 e. The van der Waals surface area contributed by atoms with Crippen molar-refractivity contribution in [2.24, 2.45) is 0 Å². The van der Waals surface area contributed by atoms with Crippen LogP contribution in [0.25, 0.3) is 0 Å². The number of ether oxygens (including phenoxy) is 2. The number of rotatable bonds is 4. The van der Waals surface area contributed by atoms with Gasteiger partial charge in [0.05, 0.1) is 6.10 Å². The molecule has 1 amide bonds. The summed E-state index contributed by atoms with van der Waals surface area (Å²) in [5.74, 6) is 0.733. The first-order valence-electron chi connectivity index (χ1n) is 6.96. The molecule has 0 spiro atoms. The summed E-state index contributed by atoms with van der Waals surface area (Å²) in [7, 11) is 0. The lowest BCUT2D eigenvalue weighted by atomic mass is 10.2. The number of carbonyl (C=O) groups excluding carboxylic acids is 1. The van der Waals surface area contributed by atoms with Crippen LogP contribution in [0.5, 0.6) is 5.75 Å². The van der Waals surface area contributed by atoms with E-state index >= 15 is 0 Å². The molecule has 1 heterocycles. The molecule has 1 aromatic carbocycles. The van der Waals surface area contributed by atoms with Crippen molar-refractivity contribution < 1.29 is 14.3 Å². The second-order valence-electron chi connectivity index (χ2n) is 4.84. The fraction of sp³-hybridized carbons (Fsp3) is 0.533. The van der Waals surface area contributed by atoms with Crippen molar-refractivity contribution in [1.82, 2.24) is 4.90 Å². The van der Waals surface area contributed by atoms with Gasteiger partial charge in [0.2, 0.25) is 0 Å². The molecule has 110 valence electrons. The Morgan fingerprint density at radius 3 is 2.90 bits per heavy atom. The van der Waals surface area contributed by atoms with Gasteiger partial charge in [0, 0.05) is 24.2 Å². The van der Waals surface area contributed by atoms with Crippen LogP contribution in [0.2, 0.25) is 0 Å². The Hall–Kier alpha value is -1.07. The summed E-state index contributed by atoms with van der Waals surface area (Å²) in [6.45, 7) is 4.31. The van der Waals surface area contributed by atoms with E-state index in [9.17, 15) is 4.79 Å². The Bertz CT molecular complexity index is 435. The SMILES string of the molecule is CC[C@@H]1CN(C(=O)COc2ccc(Br)cc2)CCCO1. The van der Waals surface area contributed by atoms with Crippen LogP contribution < -0.4 is 4.74 Å². The highest BCUT2D eigenvalue weighted by Crippen LogP contribution is 2.16. The molecule has 0 N–H and O–H groups in total. The third kappa shape index (κ3) is 4.49. The van der Waals surface area contributed by atoms with Crippen LogP contribution in [-0.4, -0.2) is 43.2 Å². The highest BCUT2D eigenvalue weighted by molar-refractivity contribution is 9.10. The van der Waals surface area contributed by atoms with Crippen molar-refractivity contribution in [2.75, 3.05) is 26.3 Å². The van der Waals surface area contributed by atoms with Crippen molar-refractivity contribution in [3.05, 3.63) is 28.7 Å². The van der Waals surface area contributed by atoms with Gasteiger partial charge in [-0.05, 0) is 37.1 Å². The van der Waals surface area contributed by atoms with Crippen LogP contribution in [0.3, 0.4) is 0 Å². The molecule has 0 saturated carbocycles. The van der Waals surface area contributed by atoms with Gasteiger partial charge >= 0.3 is 0 Å². The normalized spacial score (nSPS) is 19.5. The van der Waals surface area contributed by atoms with Gasteiger partial charge in [0.1, 0.15) is 5.75 Å². The Morgan fingerprint density at radius 2 is 2.20 bits per heavy atom. The molecular weight excluding hydrogens is 322 g/mol. The van der Waals surface area contributed by atoms with Crippen LogP contribution in [0.4, 0.5) is 0 Å². The lowest BCUT2D eigenvalue weighted by molar-refractivity contribution is -0.134. The van der Waals surface area contributed by atoms with Gasteiger partial charge in [-0.2, -0.15) is 0 Å². The molecule has 1 fully saturated rings. The predicted octanol–water partition coefficient (Wildman–Crippen LogP) is 2.86. The maximum atomic E-state index is 12.2. The number of hydrogen-bond acceptors (Lipinski definition) is 3. The van der Waals surface area contributed by atoms with Gasteiger partial charge in [0.25, 0.3) is 5.91 Å². The molecule has 4 nitrogen and oxygen atoms in total. The highest BCUT2D eigenvalue weighted by Gasteiger charge is 2.21. The predicted molar refractivity (Wildman–Crippen MR) is 80.9 cm³/mol. The van der Waals surface area contributed by atoms with Crippen LogP contribution in [0, 0.1) is 0 Å². The van der Waals surface area contributed by atoms with Gasteiger partial charge in [0.15, 0.2) is 6.61 Å². The first kappa shape index (κ1) is 15.3. The molecule has 0 aromatic heterocycles. The molecule has 0 bridgehead atoms. The topological polar surface area (TPSA) is 38.8 Å². The van der Waals surface area contributed by atoms with Crippen molar-refractivity contribution in [3.8, 4) is 5.75 Å². The van der Waals surface area contributed by atoms with Crippen molar-refractivity contribution in [3.63, 3.8) is 0 Å². The Kier molecular flexibility index (Phi) is 5.86. The van der Waals surface area contributed by atoms with Crippen molar-refractivity contribution in [2.45, 2.75) is 25.9 Å². The van der Waals surface area contributed by atoms with Gasteiger partial charge in [-0.25, -0.2) is 0 Å². The molecule has 1 aliphatic rings. The van der Waals surface area contributed by atoms with E-state index in [-0.39, 0.29) is 18.6 Å². The Balaban J connectivity index is 1.85. The molecule has 1 aromatic rings. The summed E-state index contributed by atoms with van der Waals surface area (Å²) in [5, 5.41) is 0. The third-order valence-electron chi connectivity index (χ3n) is 3.33. The van der Waals surface area contributed by atoms with Crippen molar-refractivity contribution >= 4 is 21.8 Å². The number of nitrogens with zero attached hydrogens (tertiary/aromatic N) is 1. The zero-order valence-electron chi connectivity index (χ0n) is 11.7. The summed E-state index contributed by atoms with van der Waals surface area (Å²) < 4.78 is 12.2. The molecule has 0 radical (unpaired) electrons. The summed E-state index contributed by atoms with van der Waals surface area (Å²) in [4.78, 5) is 14.0. The van der Waals surface area contributed by atoms with Crippen LogP contribution in [0.1, 0.15) is 19.8 Å². The van der Waals surface area contributed by atoms with Gasteiger partial charge in [-0.1, -0.05) is 22.9 Å². The summed E-state index contributed by atoms with van der Waals surface area (Å²) in [6.07, 6.45) is 1.96. The van der Waals surface area contributed by atoms with E-state index in [0.717, 1.165) is 30.5 Å². The Morgan fingerprint density at radius 1 is 1.45 bits per heavy atom. The van der Waals surface area contributed by atoms with Gasteiger partial charge in [-0.3, -0.25) is 4.79 Å². The molecule has 0 aliphatic carbocycles. The lowest BCUT2D eigenvalue weighted by Gasteiger charge is -2.23. The summed E-state index contributed by atoms with van der Waals surface area (Å²) >= 11 is 3.37. The fourth-order valence-corrected chi connectivity index (χ4v) is 2.40. The molecule has 20 heavy (non-hydrogen) atoms. The maximum absolute atomic E-state index is 12.2. The summed E-state index contributed by atoms with van der Waals surface area (Å²) in [6, 6.07) is 7.48. The molecule has 2 rings (SSSR count). The van der Waals surface area contributed by atoms with Crippen LogP contribution in [-0.2, 0) is 9.53 Å². The molecule has 1 atom stereocenters.